The Morgan fingerprint density at radius 3 is 2.40 bits per heavy atom. The molecule has 47 heavy (non-hydrogen) atoms. The Balaban J connectivity index is 1.38. The number of aromatic nitrogens is 1. The van der Waals surface area contributed by atoms with E-state index >= 15 is 0 Å². The van der Waals surface area contributed by atoms with E-state index in [9.17, 15) is 23.2 Å². The van der Waals surface area contributed by atoms with Crippen molar-refractivity contribution >= 4 is 40.9 Å². The molecule has 0 radical (unpaired) electrons. The summed E-state index contributed by atoms with van der Waals surface area (Å²) in [6.07, 6.45) is 5.07. The van der Waals surface area contributed by atoms with Crippen molar-refractivity contribution < 1.29 is 37.4 Å². The van der Waals surface area contributed by atoms with Crippen LogP contribution in [0, 0.1) is 5.92 Å². The summed E-state index contributed by atoms with van der Waals surface area (Å²) in [5.41, 5.74) is 1.69. The highest BCUT2D eigenvalue weighted by atomic mass is 35.5. The molecule has 0 N–H and O–H groups in total. The fraction of sp³-hybridized carbons (Fsp3) is 0.412. The Hall–Kier alpha value is -3.80. The Bertz CT molecular complexity index is 1600. The van der Waals surface area contributed by atoms with Gasteiger partial charge in [-0.05, 0) is 73.5 Å². The molecule has 9 nitrogen and oxygen atoms in total. The molecule has 1 amide bonds. The van der Waals surface area contributed by atoms with E-state index in [-0.39, 0.29) is 46.2 Å². The van der Waals surface area contributed by atoms with Gasteiger partial charge in [0.25, 0.3) is 5.91 Å². The van der Waals surface area contributed by atoms with E-state index in [0.29, 0.717) is 54.2 Å². The number of nitrogens with zero attached hydrogens (tertiary/aromatic N) is 3. The molecule has 1 aliphatic heterocycles. The van der Waals surface area contributed by atoms with Crippen molar-refractivity contribution in [2.45, 2.75) is 50.9 Å². The number of esters is 1. The van der Waals surface area contributed by atoms with Gasteiger partial charge in [0.15, 0.2) is 17.3 Å². The highest BCUT2D eigenvalue weighted by Gasteiger charge is 2.35. The van der Waals surface area contributed by atoms with Crippen LogP contribution in [0.2, 0.25) is 10.0 Å². The highest BCUT2D eigenvalue weighted by Crippen LogP contribution is 2.38. The molecule has 3 aromatic rings. The number of benzene rings is 2. The summed E-state index contributed by atoms with van der Waals surface area (Å²) in [4.78, 5) is 46.7. The molecule has 2 heterocycles. The molecule has 2 aliphatic rings. The molecule has 1 aliphatic carbocycles. The van der Waals surface area contributed by atoms with Crippen LogP contribution >= 0.6 is 23.2 Å². The zero-order chi connectivity index (χ0) is 33.7. The summed E-state index contributed by atoms with van der Waals surface area (Å²) in [5, 5.41) is 0.536. The van der Waals surface area contributed by atoms with Crippen molar-refractivity contribution in [1.82, 2.24) is 14.8 Å². The number of hydrogen-bond acceptors (Lipinski definition) is 8. The van der Waals surface area contributed by atoms with Gasteiger partial charge in [-0.2, -0.15) is 8.78 Å². The van der Waals surface area contributed by atoms with Crippen LogP contribution in [0.15, 0.2) is 54.9 Å². The number of ketones is 1. The third-order valence-electron chi connectivity index (χ3n) is 8.15. The van der Waals surface area contributed by atoms with E-state index < -0.39 is 24.7 Å². The van der Waals surface area contributed by atoms with E-state index in [2.05, 4.69) is 4.98 Å². The number of alkyl halides is 2. The van der Waals surface area contributed by atoms with Crippen LogP contribution in [0.4, 0.5) is 8.78 Å². The number of rotatable bonds is 14. The normalized spacial score (nSPS) is 17.0. The van der Waals surface area contributed by atoms with Gasteiger partial charge < -0.3 is 19.1 Å². The van der Waals surface area contributed by atoms with Crippen LogP contribution in [-0.2, 0) is 16.0 Å². The number of carbonyl (C=O) groups is 3. The van der Waals surface area contributed by atoms with Gasteiger partial charge in [0.1, 0.15) is 12.1 Å². The van der Waals surface area contributed by atoms with E-state index in [1.54, 1.807) is 43.3 Å². The lowest BCUT2D eigenvalue weighted by Crippen LogP contribution is -2.41. The lowest BCUT2D eigenvalue weighted by molar-refractivity contribution is -0.154. The summed E-state index contributed by atoms with van der Waals surface area (Å²) in [6, 6.07) is 10.2. The van der Waals surface area contributed by atoms with Gasteiger partial charge in [-0.15, -0.1) is 0 Å². The molecule has 2 unspecified atom stereocenters. The second-order valence-electron chi connectivity index (χ2n) is 11.9. The third kappa shape index (κ3) is 8.97. The Kier molecular flexibility index (Phi) is 11.3. The van der Waals surface area contributed by atoms with Crippen LogP contribution in [0.3, 0.4) is 0 Å². The van der Waals surface area contributed by atoms with Crippen LogP contribution in [0.5, 0.6) is 11.5 Å². The number of carbonyl (C=O) groups excluding carboxylic acids is 3. The van der Waals surface area contributed by atoms with E-state index in [1.165, 1.54) is 35.5 Å². The Morgan fingerprint density at radius 1 is 1.00 bits per heavy atom. The smallest absolute Gasteiger partial charge is 0.387 e. The molecule has 250 valence electrons. The van der Waals surface area contributed by atoms with Crippen molar-refractivity contribution in [3.63, 3.8) is 0 Å². The maximum absolute atomic E-state index is 13.8. The average molecular weight is 691 g/mol. The lowest BCUT2D eigenvalue weighted by Gasteiger charge is -2.26. The summed E-state index contributed by atoms with van der Waals surface area (Å²) < 4.78 is 43.1. The van der Waals surface area contributed by atoms with Crippen molar-refractivity contribution in [3.8, 4) is 11.5 Å². The molecular formula is C34H35Cl2F2N3O6. The summed E-state index contributed by atoms with van der Waals surface area (Å²) >= 11 is 12.9. The molecular weight excluding hydrogens is 655 g/mol. The predicted molar refractivity (Wildman–Crippen MR) is 171 cm³/mol. The van der Waals surface area contributed by atoms with E-state index in [1.807, 2.05) is 0 Å². The first-order valence-corrected chi connectivity index (χ1v) is 16.0. The topological polar surface area (TPSA) is 98.3 Å². The predicted octanol–water partition coefficient (Wildman–Crippen LogP) is 6.65. The van der Waals surface area contributed by atoms with E-state index in [0.717, 1.165) is 12.8 Å². The summed E-state index contributed by atoms with van der Waals surface area (Å²) in [5.74, 6) is -0.716. The minimum Gasteiger partial charge on any atom is -0.489 e. The number of halogens is 4. The molecule has 2 aromatic carbocycles. The summed E-state index contributed by atoms with van der Waals surface area (Å²) in [7, 11) is 3.27. The number of pyridine rings is 1. The molecule has 5 rings (SSSR count). The average Bonchev–Trinajstić information content (AvgIpc) is 3.76. The number of likely N-dealkylation sites (tertiary alicyclic amines) is 1. The number of hydrogen-bond donors (Lipinski definition) is 0. The quantitative estimate of drug-likeness (QED) is 0.137. The van der Waals surface area contributed by atoms with Gasteiger partial charge in [-0.1, -0.05) is 41.4 Å². The number of amides is 1. The maximum atomic E-state index is 13.8. The first-order valence-electron chi connectivity index (χ1n) is 15.3. The molecule has 13 heteroatoms. The van der Waals surface area contributed by atoms with Gasteiger partial charge in [0.05, 0.1) is 23.2 Å². The second kappa shape index (κ2) is 15.4. The largest absolute Gasteiger partial charge is 0.489 e. The standard InChI is InChI=1S/C34H35Cl2F2N3O6/c1-40(2)32(43)23-6-3-5-21(13-23)28(42)18-41-12-4-7-27(41)33(44)46-30(15-24-25(35)16-39-17-26(24)36)22-10-11-29(47-34(37)38)31(14-22)45-19-20-8-9-20/h3,5-6,10-11,13-14,16-17,20,27,30,34H,4,7-9,12,15,18-19H2,1-2H3. The van der Waals surface area contributed by atoms with Crippen molar-refractivity contribution in [2.24, 2.45) is 5.92 Å². The van der Waals surface area contributed by atoms with Gasteiger partial charge >= 0.3 is 12.6 Å². The number of ether oxygens (including phenoxy) is 3. The Labute approximate surface area is 281 Å². The van der Waals surface area contributed by atoms with Gasteiger partial charge in [-0.25, -0.2) is 0 Å². The van der Waals surface area contributed by atoms with Crippen molar-refractivity contribution in [1.29, 1.82) is 0 Å². The van der Waals surface area contributed by atoms with Crippen molar-refractivity contribution in [2.75, 3.05) is 33.8 Å². The van der Waals surface area contributed by atoms with Gasteiger partial charge in [0.2, 0.25) is 0 Å². The van der Waals surface area contributed by atoms with Gasteiger partial charge in [-0.3, -0.25) is 24.3 Å². The van der Waals surface area contributed by atoms with Crippen molar-refractivity contribution in [3.05, 3.63) is 87.2 Å². The fourth-order valence-corrected chi connectivity index (χ4v) is 5.95. The molecule has 1 aromatic heterocycles. The molecule has 1 saturated heterocycles. The highest BCUT2D eigenvalue weighted by molar-refractivity contribution is 6.35. The molecule has 1 saturated carbocycles. The zero-order valence-electron chi connectivity index (χ0n) is 26.0. The minimum atomic E-state index is -3.06. The molecule has 0 bridgehead atoms. The van der Waals surface area contributed by atoms with E-state index in [4.69, 9.17) is 37.4 Å². The van der Waals surface area contributed by atoms with Crippen LogP contribution in [-0.4, -0.2) is 78.9 Å². The zero-order valence-corrected chi connectivity index (χ0v) is 27.5. The SMILES string of the molecule is CN(C)C(=O)c1cccc(C(=O)CN2CCCC2C(=O)OC(Cc2c(Cl)cncc2Cl)c2ccc(OC(F)F)c(OCC3CC3)c2)c1. The monoisotopic (exact) mass is 689 g/mol. The van der Waals surface area contributed by atoms with Gasteiger partial charge in [0, 0.05) is 44.0 Å². The fourth-order valence-electron chi connectivity index (χ4n) is 5.43. The molecule has 0 spiro atoms. The minimum absolute atomic E-state index is 0.0507. The number of Topliss-reactive ketones (excluding diaryl/α,β-unsaturated/α-hetero) is 1. The molecule has 2 fully saturated rings. The second-order valence-corrected chi connectivity index (χ2v) is 12.7. The first-order chi connectivity index (χ1) is 22.5. The van der Waals surface area contributed by atoms with Crippen LogP contribution in [0.25, 0.3) is 0 Å². The Morgan fingerprint density at radius 2 is 1.72 bits per heavy atom. The lowest BCUT2D eigenvalue weighted by atomic mass is 10.0. The third-order valence-corrected chi connectivity index (χ3v) is 8.80. The maximum Gasteiger partial charge on any atom is 0.387 e. The first kappa shape index (κ1) is 34.5. The summed E-state index contributed by atoms with van der Waals surface area (Å²) in [6.45, 7) is -2.27. The van der Waals surface area contributed by atoms with Crippen LogP contribution in [0.1, 0.15) is 63.6 Å². The molecule has 2 atom stereocenters. The van der Waals surface area contributed by atoms with Crippen LogP contribution < -0.4 is 9.47 Å².